The lowest BCUT2D eigenvalue weighted by Gasteiger charge is -2.30. The van der Waals surface area contributed by atoms with Crippen LogP contribution in [0.4, 0.5) is 0 Å². The lowest BCUT2D eigenvalue weighted by molar-refractivity contribution is -0.139. The fraction of sp³-hybridized carbons (Fsp3) is 0.333. The largest absolute Gasteiger partial charge is 0.469 e. The number of carbonyl (C=O) groups is 3. The molecular formula is C18H20N2O6. The predicted molar refractivity (Wildman–Crippen MR) is 90.5 cm³/mol. The fourth-order valence-corrected chi connectivity index (χ4v) is 2.83. The van der Waals surface area contributed by atoms with Gasteiger partial charge in [0, 0.05) is 17.6 Å². The van der Waals surface area contributed by atoms with Crippen molar-refractivity contribution < 1.29 is 28.6 Å². The second kappa shape index (κ2) is 8.28. The summed E-state index contributed by atoms with van der Waals surface area (Å²) in [7, 11) is 3.73. The Bertz CT molecular complexity index is 782. The monoisotopic (exact) mass is 360 g/mol. The van der Waals surface area contributed by atoms with E-state index in [9.17, 15) is 14.4 Å². The van der Waals surface area contributed by atoms with E-state index in [4.69, 9.17) is 14.2 Å². The topological polar surface area (TPSA) is 104 Å². The molecule has 0 saturated heterocycles. The molecule has 0 aromatic carbocycles. The van der Waals surface area contributed by atoms with E-state index in [-0.39, 0.29) is 17.6 Å². The van der Waals surface area contributed by atoms with Crippen molar-refractivity contribution in [1.29, 1.82) is 0 Å². The number of carbonyl (C=O) groups excluding carboxylic acids is 3. The molecular weight excluding hydrogens is 340 g/mol. The van der Waals surface area contributed by atoms with Crippen LogP contribution in [-0.2, 0) is 28.6 Å². The molecule has 8 nitrogen and oxygen atoms in total. The van der Waals surface area contributed by atoms with Crippen molar-refractivity contribution in [3.05, 3.63) is 52.6 Å². The maximum Gasteiger partial charge on any atom is 0.336 e. The van der Waals surface area contributed by atoms with Gasteiger partial charge in [0.1, 0.15) is 0 Å². The molecule has 1 aromatic heterocycles. The van der Waals surface area contributed by atoms with Gasteiger partial charge >= 0.3 is 17.9 Å². The highest BCUT2D eigenvalue weighted by atomic mass is 16.5. The molecule has 26 heavy (non-hydrogen) atoms. The summed E-state index contributed by atoms with van der Waals surface area (Å²) in [5, 5.41) is 2.94. The minimum Gasteiger partial charge on any atom is -0.469 e. The summed E-state index contributed by atoms with van der Waals surface area (Å²) in [6, 6.07) is 5.14. The number of hydrogen-bond donors (Lipinski definition) is 1. The first-order valence-corrected chi connectivity index (χ1v) is 7.79. The maximum absolute atomic E-state index is 12.5. The van der Waals surface area contributed by atoms with E-state index in [0.29, 0.717) is 17.1 Å². The molecule has 1 aliphatic rings. The number of esters is 3. The Hall–Kier alpha value is -3.16. The average molecular weight is 360 g/mol. The van der Waals surface area contributed by atoms with E-state index in [2.05, 4.69) is 10.3 Å². The summed E-state index contributed by atoms with van der Waals surface area (Å²) in [5.41, 5.74) is 1.54. The number of hydrogen-bond acceptors (Lipinski definition) is 8. The minimum absolute atomic E-state index is 0.114. The standard InChI is InChI=1S/C18H20N2O6/c1-10-14(17(22)25-3)15(11-7-5-6-8-19-11)16(18(23)26-4)12(20-10)9-13(21)24-2/h5-8,15,20H,9H2,1-4H3. The molecule has 1 unspecified atom stereocenters. The van der Waals surface area contributed by atoms with Crippen molar-refractivity contribution in [2.24, 2.45) is 0 Å². The van der Waals surface area contributed by atoms with Gasteiger partial charge in [-0.1, -0.05) is 6.07 Å². The third-order valence-corrected chi connectivity index (χ3v) is 3.99. The molecule has 0 amide bonds. The predicted octanol–water partition coefficient (Wildman–Crippen LogP) is 1.21. The van der Waals surface area contributed by atoms with E-state index in [1.165, 1.54) is 21.3 Å². The smallest absolute Gasteiger partial charge is 0.336 e. The Morgan fingerprint density at radius 1 is 1.04 bits per heavy atom. The first kappa shape index (κ1) is 19.2. The number of allylic oxidation sites excluding steroid dienone is 1. The van der Waals surface area contributed by atoms with Gasteiger partial charge in [-0.25, -0.2) is 9.59 Å². The third-order valence-electron chi connectivity index (χ3n) is 3.99. The van der Waals surface area contributed by atoms with Crippen LogP contribution < -0.4 is 5.32 Å². The van der Waals surface area contributed by atoms with Crippen LogP contribution in [0.5, 0.6) is 0 Å². The van der Waals surface area contributed by atoms with Crippen molar-refractivity contribution in [3.8, 4) is 0 Å². The zero-order chi connectivity index (χ0) is 19.3. The summed E-state index contributed by atoms with van der Waals surface area (Å²) in [6.45, 7) is 1.66. The van der Waals surface area contributed by atoms with Crippen LogP contribution in [0.25, 0.3) is 0 Å². The Morgan fingerprint density at radius 3 is 2.23 bits per heavy atom. The number of dihydropyridines is 1. The zero-order valence-electron chi connectivity index (χ0n) is 15.0. The van der Waals surface area contributed by atoms with Crippen LogP contribution in [0.1, 0.15) is 25.0 Å². The van der Waals surface area contributed by atoms with Gasteiger partial charge in [0.25, 0.3) is 0 Å². The fourth-order valence-electron chi connectivity index (χ4n) is 2.83. The molecule has 2 rings (SSSR count). The van der Waals surface area contributed by atoms with E-state index in [1.807, 2.05) is 0 Å². The molecule has 2 heterocycles. The van der Waals surface area contributed by atoms with Gasteiger partial charge in [0.05, 0.1) is 50.5 Å². The molecule has 0 bridgehead atoms. The quantitative estimate of drug-likeness (QED) is 0.617. The molecule has 0 spiro atoms. The van der Waals surface area contributed by atoms with Gasteiger partial charge in [-0.2, -0.15) is 0 Å². The van der Waals surface area contributed by atoms with Crippen LogP contribution in [0.3, 0.4) is 0 Å². The van der Waals surface area contributed by atoms with Gasteiger partial charge in [0.2, 0.25) is 0 Å². The lowest BCUT2D eigenvalue weighted by Crippen LogP contribution is -2.34. The molecule has 1 atom stereocenters. The summed E-state index contributed by atoms with van der Waals surface area (Å²) >= 11 is 0. The molecule has 1 aliphatic heterocycles. The number of methoxy groups -OCH3 is 3. The molecule has 0 saturated carbocycles. The maximum atomic E-state index is 12.5. The summed E-state index contributed by atoms with van der Waals surface area (Å²) < 4.78 is 14.5. The number of nitrogens with one attached hydrogen (secondary N) is 1. The minimum atomic E-state index is -0.836. The Morgan fingerprint density at radius 2 is 1.69 bits per heavy atom. The summed E-state index contributed by atoms with van der Waals surface area (Å²) in [4.78, 5) is 41.0. The highest BCUT2D eigenvalue weighted by Crippen LogP contribution is 2.39. The van der Waals surface area contributed by atoms with E-state index < -0.39 is 23.8 Å². The number of pyridine rings is 1. The third kappa shape index (κ3) is 3.74. The van der Waals surface area contributed by atoms with Crippen molar-refractivity contribution >= 4 is 17.9 Å². The summed E-state index contributed by atoms with van der Waals surface area (Å²) in [5.74, 6) is -2.66. The van der Waals surface area contributed by atoms with Crippen molar-refractivity contribution in [3.63, 3.8) is 0 Å². The first-order valence-electron chi connectivity index (χ1n) is 7.79. The van der Waals surface area contributed by atoms with Crippen LogP contribution in [-0.4, -0.2) is 44.2 Å². The number of rotatable bonds is 5. The SMILES string of the molecule is COC(=O)CC1=C(C(=O)OC)C(c2ccccn2)C(C(=O)OC)=C(C)N1. The van der Waals surface area contributed by atoms with Gasteiger partial charge < -0.3 is 19.5 Å². The highest BCUT2D eigenvalue weighted by molar-refractivity contribution is 6.00. The Kier molecular flexibility index (Phi) is 6.11. The molecule has 0 fully saturated rings. The van der Waals surface area contributed by atoms with Gasteiger partial charge in [-0.3, -0.25) is 9.78 Å². The highest BCUT2D eigenvalue weighted by Gasteiger charge is 2.39. The second-order valence-electron chi connectivity index (χ2n) is 5.48. The number of aromatic nitrogens is 1. The number of ether oxygens (including phenoxy) is 3. The molecule has 8 heteroatoms. The second-order valence-corrected chi connectivity index (χ2v) is 5.48. The zero-order valence-corrected chi connectivity index (χ0v) is 15.0. The average Bonchev–Trinajstić information content (AvgIpc) is 2.66. The molecule has 1 aromatic rings. The van der Waals surface area contributed by atoms with E-state index in [1.54, 1.807) is 31.3 Å². The van der Waals surface area contributed by atoms with E-state index in [0.717, 1.165) is 0 Å². The lowest BCUT2D eigenvalue weighted by atomic mass is 9.82. The van der Waals surface area contributed by atoms with Gasteiger partial charge in [-0.05, 0) is 19.1 Å². The van der Waals surface area contributed by atoms with Crippen LogP contribution in [0, 0.1) is 0 Å². The Balaban J connectivity index is 2.70. The van der Waals surface area contributed by atoms with Crippen LogP contribution in [0.2, 0.25) is 0 Å². The normalized spacial score (nSPS) is 16.7. The molecule has 0 radical (unpaired) electrons. The van der Waals surface area contributed by atoms with Crippen LogP contribution in [0.15, 0.2) is 46.9 Å². The first-order chi connectivity index (χ1) is 12.4. The molecule has 138 valence electrons. The Labute approximate surface area is 150 Å². The molecule has 0 aliphatic carbocycles. The molecule has 1 N–H and O–H groups in total. The number of nitrogens with zero attached hydrogens (tertiary/aromatic N) is 1. The van der Waals surface area contributed by atoms with E-state index >= 15 is 0 Å². The van der Waals surface area contributed by atoms with Gasteiger partial charge in [-0.15, -0.1) is 0 Å². The van der Waals surface area contributed by atoms with Crippen molar-refractivity contribution in [1.82, 2.24) is 10.3 Å². The summed E-state index contributed by atoms with van der Waals surface area (Å²) in [6.07, 6.45) is 1.37. The van der Waals surface area contributed by atoms with Crippen molar-refractivity contribution in [2.75, 3.05) is 21.3 Å². The van der Waals surface area contributed by atoms with Gasteiger partial charge in [0.15, 0.2) is 0 Å². The van der Waals surface area contributed by atoms with Crippen LogP contribution >= 0.6 is 0 Å². The van der Waals surface area contributed by atoms with Crippen molar-refractivity contribution in [2.45, 2.75) is 19.3 Å².